The summed E-state index contributed by atoms with van der Waals surface area (Å²) in [6.45, 7) is 1.48. The summed E-state index contributed by atoms with van der Waals surface area (Å²) < 4.78 is 39.1. The first kappa shape index (κ1) is 18.7. The maximum absolute atomic E-state index is 11.7. The highest BCUT2D eigenvalue weighted by Crippen LogP contribution is 2.28. The molecule has 0 saturated heterocycles. The molecule has 2 rings (SSSR count). The number of sulfone groups is 1. The van der Waals surface area contributed by atoms with Crippen LogP contribution >= 0.6 is 0 Å². The Morgan fingerprint density at radius 2 is 1.88 bits per heavy atom. The van der Waals surface area contributed by atoms with Gasteiger partial charge in [-0.2, -0.15) is 0 Å². The third-order valence-corrected chi connectivity index (χ3v) is 4.75. The predicted octanol–water partition coefficient (Wildman–Crippen LogP) is 2.35. The third-order valence-electron chi connectivity index (χ3n) is 3.11. The number of carbonyl (C=O) groups is 1. The van der Waals surface area contributed by atoms with Crippen LogP contribution in [0.15, 0.2) is 41.6 Å². The van der Waals surface area contributed by atoms with Gasteiger partial charge in [0.05, 0.1) is 17.5 Å². The quantitative estimate of drug-likeness (QED) is 0.708. The number of methoxy groups -OCH3 is 1. The van der Waals surface area contributed by atoms with Gasteiger partial charge < -0.3 is 19.3 Å². The standard InChI is InChI=1S/C16H17NO7S/c1-3-25(20,21)15-5-4-12(9-17-15)24-14-7-11(16(18)19)6-13(8-14)23-10-22-2/h4-9H,3,10H2,1-2H3,(H,18,19). The largest absolute Gasteiger partial charge is 0.478 e. The molecule has 8 nitrogen and oxygen atoms in total. The summed E-state index contributed by atoms with van der Waals surface area (Å²) >= 11 is 0. The lowest BCUT2D eigenvalue weighted by Crippen LogP contribution is -2.05. The molecule has 0 aliphatic carbocycles. The van der Waals surface area contributed by atoms with E-state index in [2.05, 4.69) is 4.98 Å². The van der Waals surface area contributed by atoms with Crippen LogP contribution in [0.2, 0.25) is 0 Å². The van der Waals surface area contributed by atoms with Gasteiger partial charge in [0, 0.05) is 13.2 Å². The molecule has 134 valence electrons. The van der Waals surface area contributed by atoms with Crippen LogP contribution in [0.25, 0.3) is 0 Å². The Bertz CT molecular complexity index is 847. The molecule has 0 saturated carbocycles. The lowest BCUT2D eigenvalue weighted by atomic mass is 10.2. The number of aromatic carboxylic acids is 1. The van der Waals surface area contributed by atoms with Crippen molar-refractivity contribution < 1.29 is 32.5 Å². The first-order valence-electron chi connectivity index (χ1n) is 7.22. The van der Waals surface area contributed by atoms with Gasteiger partial charge in [-0.15, -0.1) is 0 Å². The fourth-order valence-electron chi connectivity index (χ4n) is 1.86. The molecule has 2 aromatic rings. The van der Waals surface area contributed by atoms with Gasteiger partial charge in [0.15, 0.2) is 21.7 Å². The number of nitrogens with zero attached hydrogens (tertiary/aromatic N) is 1. The summed E-state index contributed by atoms with van der Waals surface area (Å²) in [7, 11) is -1.96. The molecule has 0 aliphatic heterocycles. The molecule has 0 unspecified atom stereocenters. The molecule has 0 radical (unpaired) electrons. The Hall–Kier alpha value is -2.65. The summed E-state index contributed by atoms with van der Waals surface area (Å²) in [5, 5.41) is 9.11. The zero-order chi connectivity index (χ0) is 18.4. The zero-order valence-corrected chi connectivity index (χ0v) is 14.4. The van der Waals surface area contributed by atoms with Crippen LogP contribution in [0.3, 0.4) is 0 Å². The monoisotopic (exact) mass is 367 g/mol. The van der Waals surface area contributed by atoms with E-state index < -0.39 is 15.8 Å². The molecule has 0 spiro atoms. The highest BCUT2D eigenvalue weighted by atomic mass is 32.2. The van der Waals surface area contributed by atoms with Crippen molar-refractivity contribution in [1.29, 1.82) is 0 Å². The van der Waals surface area contributed by atoms with Crippen molar-refractivity contribution in [1.82, 2.24) is 4.98 Å². The lowest BCUT2D eigenvalue weighted by Gasteiger charge is -2.10. The molecule has 9 heteroatoms. The van der Waals surface area contributed by atoms with Crippen molar-refractivity contribution in [3.8, 4) is 17.2 Å². The topological polar surface area (TPSA) is 112 Å². The third kappa shape index (κ3) is 4.91. The van der Waals surface area contributed by atoms with Gasteiger partial charge >= 0.3 is 5.97 Å². The Morgan fingerprint density at radius 3 is 2.44 bits per heavy atom. The fourth-order valence-corrected chi connectivity index (χ4v) is 2.64. The molecule has 25 heavy (non-hydrogen) atoms. The Labute approximate surface area is 144 Å². The molecular formula is C16H17NO7S. The van der Waals surface area contributed by atoms with E-state index in [4.69, 9.17) is 19.3 Å². The van der Waals surface area contributed by atoms with Crippen LogP contribution in [-0.4, -0.2) is 44.1 Å². The van der Waals surface area contributed by atoms with E-state index >= 15 is 0 Å². The number of ether oxygens (including phenoxy) is 3. The molecule has 0 bridgehead atoms. The van der Waals surface area contributed by atoms with E-state index in [1.807, 2.05) is 0 Å². The van der Waals surface area contributed by atoms with Crippen molar-refractivity contribution in [3.05, 3.63) is 42.1 Å². The maximum Gasteiger partial charge on any atom is 0.335 e. The average Bonchev–Trinajstić information content (AvgIpc) is 2.60. The van der Waals surface area contributed by atoms with Gasteiger partial charge in [0.1, 0.15) is 17.2 Å². The molecule has 0 aliphatic rings. The van der Waals surface area contributed by atoms with Crippen LogP contribution in [0.4, 0.5) is 0 Å². The normalized spacial score (nSPS) is 11.1. The molecule has 1 aromatic carbocycles. The number of carboxylic acid groups (broad SMARTS) is 1. The van der Waals surface area contributed by atoms with Gasteiger partial charge in [-0.25, -0.2) is 18.2 Å². The number of hydrogen-bond acceptors (Lipinski definition) is 7. The van der Waals surface area contributed by atoms with Gasteiger partial charge in [-0.05, 0) is 24.3 Å². The fraction of sp³-hybridized carbons (Fsp3) is 0.250. The first-order chi connectivity index (χ1) is 11.9. The van der Waals surface area contributed by atoms with Gasteiger partial charge in [-0.1, -0.05) is 6.92 Å². The van der Waals surface area contributed by atoms with E-state index in [0.717, 1.165) is 0 Å². The summed E-state index contributed by atoms with van der Waals surface area (Å²) in [5.41, 5.74) is -0.0262. The Morgan fingerprint density at radius 1 is 1.16 bits per heavy atom. The maximum atomic E-state index is 11.7. The Kier molecular flexibility index (Phi) is 5.94. The number of hydrogen-bond donors (Lipinski definition) is 1. The van der Waals surface area contributed by atoms with Crippen molar-refractivity contribution in [2.45, 2.75) is 11.9 Å². The Balaban J connectivity index is 2.26. The molecule has 0 fully saturated rings. The van der Waals surface area contributed by atoms with Crippen LogP contribution in [0, 0.1) is 0 Å². The van der Waals surface area contributed by atoms with Gasteiger partial charge in [0.2, 0.25) is 0 Å². The van der Waals surface area contributed by atoms with E-state index in [1.165, 1.54) is 50.6 Å². The van der Waals surface area contributed by atoms with E-state index in [1.54, 1.807) is 0 Å². The van der Waals surface area contributed by atoms with Crippen molar-refractivity contribution in [3.63, 3.8) is 0 Å². The van der Waals surface area contributed by atoms with Crippen LogP contribution < -0.4 is 9.47 Å². The van der Waals surface area contributed by atoms with Crippen LogP contribution in [-0.2, 0) is 14.6 Å². The number of benzene rings is 1. The lowest BCUT2D eigenvalue weighted by molar-refractivity contribution is 0.0506. The smallest absolute Gasteiger partial charge is 0.335 e. The minimum absolute atomic E-state index is 0.0262. The van der Waals surface area contributed by atoms with Gasteiger partial charge in [-0.3, -0.25) is 0 Å². The SMILES string of the molecule is CCS(=O)(=O)c1ccc(Oc2cc(OCOC)cc(C(=O)O)c2)cn1. The molecule has 0 atom stereocenters. The van der Waals surface area contributed by atoms with Crippen LogP contribution in [0.1, 0.15) is 17.3 Å². The average molecular weight is 367 g/mol. The summed E-state index contributed by atoms with van der Waals surface area (Å²) in [4.78, 5) is 15.1. The second kappa shape index (κ2) is 7.95. The van der Waals surface area contributed by atoms with Crippen LogP contribution in [0.5, 0.6) is 17.2 Å². The summed E-state index contributed by atoms with van der Waals surface area (Å²) in [5.74, 6) is -0.472. The second-order valence-corrected chi connectivity index (χ2v) is 7.11. The first-order valence-corrected chi connectivity index (χ1v) is 8.87. The molecule has 0 amide bonds. The number of carboxylic acids is 1. The number of aromatic nitrogens is 1. The highest BCUT2D eigenvalue weighted by Gasteiger charge is 2.14. The minimum atomic E-state index is -3.40. The minimum Gasteiger partial charge on any atom is -0.478 e. The molecule has 1 heterocycles. The van der Waals surface area contributed by atoms with E-state index in [0.29, 0.717) is 0 Å². The summed E-state index contributed by atoms with van der Waals surface area (Å²) in [6, 6.07) is 6.92. The molecular weight excluding hydrogens is 350 g/mol. The van der Waals surface area contributed by atoms with E-state index in [-0.39, 0.29) is 40.4 Å². The van der Waals surface area contributed by atoms with E-state index in [9.17, 15) is 13.2 Å². The predicted molar refractivity (Wildman–Crippen MR) is 87.9 cm³/mol. The second-order valence-electron chi connectivity index (χ2n) is 4.89. The molecule has 1 N–H and O–H groups in total. The van der Waals surface area contributed by atoms with Crippen molar-refractivity contribution >= 4 is 15.8 Å². The number of pyridine rings is 1. The number of rotatable bonds is 8. The zero-order valence-electron chi connectivity index (χ0n) is 13.6. The summed E-state index contributed by atoms with van der Waals surface area (Å²) in [6.07, 6.45) is 1.26. The van der Waals surface area contributed by atoms with Crippen molar-refractivity contribution in [2.75, 3.05) is 19.7 Å². The molecule has 1 aromatic heterocycles. The van der Waals surface area contributed by atoms with Gasteiger partial charge in [0.25, 0.3) is 0 Å². The highest BCUT2D eigenvalue weighted by molar-refractivity contribution is 7.91. The van der Waals surface area contributed by atoms with Crippen molar-refractivity contribution in [2.24, 2.45) is 0 Å².